The Morgan fingerprint density at radius 3 is 2.85 bits per heavy atom. The van der Waals surface area contributed by atoms with Gasteiger partial charge in [0.1, 0.15) is 5.82 Å². The van der Waals surface area contributed by atoms with E-state index in [1.807, 2.05) is 7.05 Å². The lowest BCUT2D eigenvalue weighted by Crippen LogP contribution is -2.47. The summed E-state index contributed by atoms with van der Waals surface area (Å²) in [5.74, 6) is 2.12. The van der Waals surface area contributed by atoms with E-state index in [0.29, 0.717) is 0 Å². The van der Waals surface area contributed by atoms with E-state index in [4.69, 9.17) is 4.98 Å². The molecule has 1 aliphatic carbocycles. The van der Waals surface area contributed by atoms with Gasteiger partial charge in [-0.25, -0.2) is 4.98 Å². The second kappa shape index (κ2) is 6.13. The van der Waals surface area contributed by atoms with E-state index >= 15 is 0 Å². The summed E-state index contributed by atoms with van der Waals surface area (Å²) >= 11 is 0. The van der Waals surface area contributed by atoms with Gasteiger partial charge in [0.2, 0.25) is 0 Å². The second-order valence-corrected chi connectivity index (χ2v) is 6.45. The Kier molecular flexibility index (Phi) is 4.25. The Morgan fingerprint density at radius 1 is 1.20 bits per heavy atom. The van der Waals surface area contributed by atoms with Crippen molar-refractivity contribution in [2.75, 3.05) is 18.5 Å². The van der Waals surface area contributed by atoms with Crippen molar-refractivity contribution in [2.24, 2.45) is 5.92 Å². The fraction of sp³-hybridized carbons (Fsp3) is 0.706. The molecule has 1 aliphatic heterocycles. The average molecular weight is 273 g/mol. The fourth-order valence-corrected chi connectivity index (χ4v) is 4.08. The van der Waals surface area contributed by atoms with Gasteiger partial charge in [-0.05, 0) is 63.3 Å². The number of aromatic nitrogens is 1. The van der Waals surface area contributed by atoms with E-state index < -0.39 is 0 Å². The van der Waals surface area contributed by atoms with Crippen molar-refractivity contribution in [3.05, 3.63) is 23.4 Å². The van der Waals surface area contributed by atoms with Gasteiger partial charge in [0.25, 0.3) is 0 Å². The van der Waals surface area contributed by atoms with Crippen LogP contribution in [-0.2, 0) is 6.54 Å². The van der Waals surface area contributed by atoms with Crippen LogP contribution in [0.4, 0.5) is 5.82 Å². The van der Waals surface area contributed by atoms with Crippen LogP contribution in [0.2, 0.25) is 0 Å². The van der Waals surface area contributed by atoms with Gasteiger partial charge in [-0.15, -0.1) is 0 Å². The molecular weight excluding hydrogens is 246 g/mol. The molecule has 2 atom stereocenters. The summed E-state index contributed by atoms with van der Waals surface area (Å²) in [5.41, 5.74) is 2.50. The van der Waals surface area contributed by atoms with Crippen molar-refractivity contribution in [3.63, 3.8) is 0 Å². The zero-order valence-electron chi connectivity index (χ0n) is 12.9. The summed E-state index contributed by atoms with van der Waals surface area (Å²) in [5, 5.41) is 3.25. The predicted molar refractivity (Wildman–Crippen MR) is 84.1 cm³/mol. The van der Waals surface area contributed by atoms with E-state index in [1.165, 1.54) is 56.5 Å². The van der Waals surface area contributed by atoms with Gasteiger partial charge >= 0.3 is 0 Å². The molecule has 2 fully saturated rings. The highest BCUT2D eigenvalue weighted by atomic mass is 15.2. The summed E-state index contributed by atoms with van der Waals surface area (Å²) in [6, 6.07) is 5.23. The van der Waals surface area contributed by atoms with Crippen LogP contribution in [-0.4, -0.2) is 24.6 Å². The summed E-state index contributed by atoms with van der Waals surface area (Å²) in [6.07, 6.45) is 8.38. The van der Waals surface area contributed by atoms with Gasteiger partial charge in [-0.1, -0.05) is 12.8 Å². The largest absolute Gasteiger partial charge is 0.353 e. The molecule has 2 heterocycles. The molecule has 110 valence electrons. The monoisotopic (exact) mass is 273 g/mol. The van der Waals surface area contributed by atoms with Gasteiger partial charge in [-0.3, -0.25) is 0 Å². The molecule has 2 unspecified atom stereocenters. The average Bonchev–Trinajstić information content (AvgIpc) is 2.46. The topological polar surface area (TPSA) is 28.2 Å². The number of hydrogen-bond donors (Lipinski definition) is 1. The van der Waals surface area contributed by atoms with Crippen LogP contribution >= 0.6 is 0 Å². The van der Waals surface area contributed by atoms with Crippen LogP contribution in [0.1, 0.15) is 49.8 Å². The molecule has 1 saturated heterocycles. The number of hydrogen-bond acceptors (Lipinski definition) is 3. The van der Waals surface area contributed by atoms with Crippen molar-refractivity contribution >= 4 is 5.82 Å². The Balaban J connectivity index is 1.86. The third-order valence-electron chi connectivity index (χ3n) is 4.92. The van der Waals surface area contributed by atoms with E-state index in [2.05, 4.69) is 29.3 Å². The number of piperidine rings is 1. The number of aryl methyl sites for hydroxylation is 1. The highest BCUT2D eigenvalue weighted by Gasteiger charge is 2.33. The second-order valence-electron chi connectivity index (χ2n) is 6.45. The fourth-order valence-electron chi connectivity index (χ4n) is 4.08. The molecule has 1 aromatic heterocycles. The molecule has 0 radical (unpaired) electrons. The number of pyridine rings is 1. The van der Waals surface area contributed by atoms with Crippen molar-refractivity contribution in [2.45, 2.75) is 58.0 Å². The number of rotatable bonds is 3. The molecule has 3 heteroatoms. The van der Waals surface area contributed by atoms with Gasteiger partial charge in [0.05, 0.1) is 0 Å². The third kappa shape index (κ3) is 2.83. The molecule has 1 aromatic rings. The van der Waals surface area contributed by atoms with Crippen molar-refractivity contribution in [1.29, 1.82) is 0 Å². The highest BCUT2D eigenvalue weighted by Crippen LogP contribution is 2.37. The molecular formula is C17H27N3. The molecule has 0 bridgehead atoms. The van der Waals surface area contributed by atoms with Crippen molar-refractivity contribution < 1.29 is 0 Å². The minimum absolute atomic E-state index is 0.745. The Hall–Kier alpha value is -1.09. The molecule has 1 N–H and O–H groups in total. The van der Waals surface area contributed by atoms with Crippen LogP contribution in [0, 0.1) is 12.8 Å². The zero-order chi connectivity index (χ0) is 13.9. The standard InChI is InChI=1S/C17H27N3/c1-13-10-14(12-18-2)11-17(19-13)20-9-5-7-15-6-3-4-8-16(15)20/h10-11,15-16,18H,3-9,12H2,1-2H3. The summed E-state index contributed by atoms with van der Waals surface area (Å²) in [6.45, 7) is 4.24. The van der Waals surface area contributed by atoms with Crippen LogP contribution < -0.4 is 10.2 Å². The minimum atomic E-state index is 0.745. The van der Waals surface area contributed by atoms with Crippen molar-refractivity contribution in [1.82, 2.24) is 10.3 Å². The quantitative estimate of drug-likeness (QED) is 0.916. The van der Waals surface area contributed by atoms with Crippen LogP contribution in [0.5, 0.6) is 0 Å². The minimum Gasteiger partial charge on any atom is -0.353 e. The Labute approximate surface area is 122 Å². The number of nitrogens with zero attached hydrogens (tertiary/aromatic N) is 2. The lowest BCUT2D eigenvalue weighted by Gasteiger charge is -2.45. The summed E-state index contributed by atoms with van der Waals surface area (Å²) in [4.78, 5) is 7.44. The van der Waals surface area contributed by atoms with Crippen LogP contribution in [0.25, 0.3) is 0 Å². The third-order valence-corrected chi connectivity index (χ3v) is 4.92. The summed E-state index contributed by atoms with van der Waals surface area (Å²) in [7, 11) is 2.01. The first-order valence-electron chi connectivity index (χ1n) is 8.17. The normalized spacial score (nSPS) is 26.4. The highest BCUT2D eigenvalue weighted by molar-refractivity contribution is 5.44. The van der Waals surface area contributed by atoms with Gasteiger partial charge in [0, 0.05) is 24.8 Å². The maximum atomic E-state index is 4.83. The maximum absolute atomic E-state index is 4.83. The molecule has 0 aromatic carbocycles. The van der Waals surface area contributed by atoms with E-state index in [9.17, 15) is 0 Å². The zero-order valence-corrected chi connectivity index (χ0v) is 12.9. The predicted octanol–water partition coefficient (Wildman–Crippen LogP) is 3.27. The van der Waals surface area contributed by atoms with Gasteiger partial charge in [-0.2, -0.15) is 0 Å². The molecule has 2 aliphatic rings. The number of anilines is 1. The Morgan fingerprint density at radius 2 is 2.00 bits per heavy atom. The van der Waals surface area contributed by atoms with E-state index in [1.54, 1.807) is 0 Å². The Bertz CT molecular complexity index is 456. The first-order chi connectivity index (χ1) is 9.78. The number of nitrogens with one attached hydrogen (secondary N) is 1. The first-order valence-corrected chi connectivity index (χ1v) is 8.17. The number of fused-ring (bicyclic) bond motifs is 1. The SMILES string of the molecule is CNCc1cc(C)nc(N2CCCC3CCCCC32)c1. The van der Waals surface area contributed by atoms with Crippen molar-refractivity contribution in [3.8, 4) is 0 Å². The van der Waals surface area contributed by atoms with E-state index in [-0.39, 0.29) is 0 Å². The smallest absolute Gasteiger partial charge is 0.129 e. The molecule has 0 spiro atoms. The van der Waals surface area contributed by atoms with Gasteiger partial charge in [0.15, 0.2) is 0 Å². The molecule has 0 amide bonds. The molecule has 20 heavy (non-hydrogen) atoms. The summed E-state index contributed by atoms with van der Waals surface area (Å²) < 4.78 is 0. The first kappa shape index (κ1) is 13.9. The van der Waals surface area contributed by atoms with Gasteiger partial charge < -0.3 is 10.2 Å². The van der Waals surface area contributed by atoms with Crippen LogP contribution in [0.3, 0.4) is 0 Å². The lowest BCUT2D eigenvalue weighted by molar-refractivity contribution is 0.242. The van der Waals surface area contributed by atoms with Crippen LogP contribution in [0.15, 0.2) is 12.1 Å². The lowest BCUT2D eigenvalue weighted by atomic mass is 9.78. The molecule has 3 nitrogen and oxygen atoms in total. The molecule has 1 saturated carbocycles. The molecule has 3 rings (SSSR count). The van der Waals surface area contributed by atoms with E-state index in [0.717, 1.165) is 24.2 Å². The maximum Gasteiger partial charge on any atom is 0.129 e.